The number of benzene rings is 2. The van der Waals surface area contributed by atoms with Crippen LogP contribution in [-0.4, -0.2) is 54.6 Å². The number of para-hydroxylation sites is 1. The number of nitrogens with one attached hydrogen (secondary N) is 1. The maximum atomic E-state index is 12.4. The van der Waals surface area contributed by atoms with E-state index < -0.39 is 5.97 Å². The number of hydrogen-bond acceptors (Lipinski definition) is 4. The lowest BCUT2D eigenvalue weighted by Gasteiger charge is -2.36. The van der Waals surface area contributed by atoms with E-state index in [0.717, 1.165) is 18.7 Å². The summed E-state index contributed by atoms with van der Waals surface area (Å²) in [5, 5.41) is 12.1. The minimum Gasteiger partial charge on any atom is -0.478 e. The Morgan fingerprint density at radius 2 is 1.69 bits per heavy atom. The van der Waals surface area contributed by atoms with Crippen molar-refractivity contribution in [1.82, 2.24) is 10.2 Å². The summed E-state index contributed by atoms with van der Waals surface area (Å²) in [6.07, 6.45) is 0. The third-order valence-electron chi connectivity index (χ3n) is 4.53. The van der Waals surface area contributed by atoms with Crippen molar-refractivity contribution < 1.29 is 14.7 Å². The number of piperazine rings is 1. The fourth-order valence-electron chi connectivity index (χ4n) is 3.09. The molecule has 2 aromatic rings. The van der Waals surface area contributed by atoms with E-state index >= 15 is 0 Å². The quantitative estimate of drug-likeness (QED) is 0.829. The number of anilines is 1. The molecule has 0 unspecified atom stereocenters. The fourth-order valence-corrected chi connectivity index (χ4v) is 3.09. The Hall–Kier alpha value is -2.86. The SMILES string of the molecule is O=C(O)c1cccc(CNCC(=O)N2CCN(c3ccccc3)CC2)c1. The number of amides is 1. The number of aromatic carboxylic acids is 1. The van der Waals surface area contributed by atoms with Crippen molar-refractivity contribution in [2.24, 2.45) is 0 Å². The molecule has 1 heterocycles. The number of hydrogen-bond donors (Lipinski definition) is 2. The van der Waals surface area contributed by atoms with Crippen LogP contribution in [0.2, 0.25) is 0 Å². The van der Waals surface area contributed by atoms with Crippen molar-refractivity contribution in [2.75, 3.05) is 37.6 Å². The predicted octanol–water partition coefficient (Wildman–Crippen LogP) is 1.82. The first-order chi connectivity index (χ1) is 12.6. The largest absolute Gasteiger partial charge is 0.478 e. The zero-order valence-corrected chi connectivity index (χ0v) is 14.6. The van der Waals surface area contributed by atoms with Gasteiger partial charge in [0.1, 0.15) is 0 Å². The van der Waals surface area contributed by atoms with Gasteiger partial charge in [-0.15, -0.1) is 0 Å². The lowest BCUT2D eigenvalue weighted by Crippen LogP contribution is -2.50. The number of rotatable bonds is 6. The molecule has 0 radical (unpaired) electrons. The summed E-state index contributed by atoms with van der Waals surface area (Å²) < 4.78 is 0. The van der Waals surface area contributed by atoms with Gasteiger partial charge in [0.2, 0.25) is 5.91 Å². The van der Waals surface area contributed by atoms with E-state index in [4.69, 9.17) is 5.11 Å². The Labute approximate surface area is 153 Å². The van der Waals surface area contributed by atoms with Gasteiger partial charge in [-0.2, -0.15) is 0 Å². The molecule has 26 heavy (non-hydrogen) atoms. The Bertz CT molecular complexity index is 756. The third kappa shape index (κ3) is 4.61. The van der Waals surface area contributed by atoms with Crippen molar-refractivity contribution in [1.29, 1.82) is 0 Å². The van der Waals surface area contributed by atoms with Gasteiger partial charge >= 0.3 is 5.97 Å². The molecule has 0 saturated carbocycles. The first-order valence-corrected chi connectivity index (χ1v) is 8.74. The Kier molecular flexibility index (Phi) is 5.86. The van der Waals surface area contributed by atoms with Crippen LogP contribution in [0, 0.1) is 0 Å². The van der Waals surface area contributed by atoms with Crippen LogP contribution in [0.1, 0.15) is 15.9 Å². The second kappa shape index (κ2) is 8.49. The molecular formula is C20H23N3O3. The van der Waals surface area contributed by atoms with Crippen LogP contribution in [0.4, 0.5) is 5.69 Å². The van der Waals surface area contributed by atoms with Gasteiger partial charge < -0.3 is 20.2 Å². The summed E-state index contributed by atoms with van der Waals surface area (Å²) in [6, 6.07) is 17.0. The van der Waals surface area contributed by atoms with E-state index in [9.17, 15) is 9.59 Å². The van der Waals surface area contributed by atoms with Crippen LogP contribution in [0.3, 0.4) is 0 Å². The molecule has 0 aliphatic carbocycles. The maximum absolute atomic E-state index is 12.4. The summed E-state index contributed by atoms with van der Waals surface area (Å²) in [4.78, 5) is 27.5. The molecule has 1 aliphatic rings. The Morgan fingerprint density at radius 1 is 0.962 bits per heavy atom. The van der Waals surface area contributed by atoms with Gasteiger partial charge in [-0.3, -0.25) is 4.79 Å². The zero-order valence-electron chi connectivity index (χ0n) is 14.6. The molecule has 0 aromatic heterocycles. The second-order valence-electron chi connectivity index (χ2n) is 6.31. The Morgan fingerprint density at radius 3 is 2.38 bits per heavy atom. The summed E-state index contributed by atoms with van der Waals surface area (Å²) in [5.41, 5.74) is 2.30. The molecule has 136 valence electrons. The van der Waals surface area contributed by atoms with E-state index in [1.54, 1.807) is 18.2 Å². The van der Waals surface area contributed by atoms with Crippen LogP contribution in [0.15, 0.2) is 54.6 Å². The first kappa shape index (κ1) is 17.9. The average Bonchev–Trinajstić information content (AvgIpc) is 2.69. The van der Waals surface area contributed by atoms with Crippen LogP contribution in [-0.2, 0) is 11.3 Å². The lowest BCUT2D eigenvalue weighted by molar-refractivity contribution is -0.130. The molecule has 6 heteroatoms. The van der Waals surface area contributed by atoms with E-state index in [1.807, 2.05) is 29.2 Å². The summed E-state index contributed by atoms with van der Waals surface area (Å²) in [5.74, 6) is -0.869. The molecule has 1 amide bonds. The van der Waals surface area contributed by atoms with Crippen molar-refractivity contribution in [3.8, 4) is 0 Å². The highest BCUT2D eigenvalue weighted by Crippen LogP contribution is 2.15. The standard InChI is InChI=1S/C20H23N3O3/c24-19(15-21-14-16-5-4-6-17(13-16)20(25)26)23-11-9-22(10-12-23)18-7-2-1-3-8-18/h1-8,13,21H,9-12,14-15H2,(H,25,26). The summed E-state index contributed by atoms with van der Waals surface area (Å²) in [6.45, 7) is 3.81. The highest BCUT2D eigenvalue weighted by Gasteiger charge is 2.20. The minimum absolute atomic E-state index is 0.0760. The normalized spacial score (nSPS) is 14.3. The molecule has 0 spiro atoms. The molecule has 2 N–H and O–H groups in total. The number of carboxylic acid groups (broad SMARTS) is 1. The highest BCUT2D eigenvalue weighted by molar-refractivity contribution is 5.87. The number of carboxylic acids is 1. The molecule has 0 atom stereocenters. The smallest absolute Gasteiger partial charge is 0.335 e. The van der Waals surface area contributed by atoms with Crippen LogP contribution in [0.5, 0.6) is 0 Å². The molecule has 1 fully saturated rings. The number of carbonyl (C=O) groups is 2. The van der Waals surface area contributed by atoms with Crippen molar-refractivity contribution in [3.63, 3.8) is 0 Å². The predicted molar refractivity (Wildman–Crippen MR) is 100 cm³/mol. The average molecular weight is 353 g/mol. The van der Waals surface area contributed by atoms with Crippen LogP contribution < -0.4 is 10.2 Å². The molecule has 3 rings (SSSR count). The Balaban J connectivity index is 1.43. The van der Waals surface area contributed by atoms with Crippen molar-refractivity contribution in [2.45, 2.75) is 6.54 Å². The van der Waals surface area contributed by atoms with Gasteiger partial charge in [0.05, 0.1) is 12.1 Å². The van der Waals surface area contributed by atoms with Crippen molar-refractivity contribution in [3.05, 3.63) is 65.7 Å². The maximum Gasteiger partial charge on any atom is 0.335 e. The molecule has 6 nitrogen and oxygen atoms in total. The molecule has 1 saturated heterocycles. The molecule has 2 aromatic carbocycles. The van der Waals surface area contributed by atoms with Gasteiger partial charge in [0.15, 0.2) is 0 Å². The molecular weight excluding hydrogens is 330 g/mol. The summed E-state index contributed by atoms with van der Waals surface area (Å²) >= 11 is 0. The molecule has 0 bridgehead atoms. The lowest BCUT2D eigenvalue weighted by atomic mass is 10.1. The highest BCUT2D eigenvalue weighted by atomic mass is 16.4. The van der Waals surface area contributed by atoms with Crippen molar-refractivity contribution >= 4 is 17.6 Å². The van der Waals surface area contributed by atoms with Gasteiger partial charge in [-0.25, -0.2) is 4.79 Å². The minimum atomic E-state index is -0.945. The zero-order chi connectivity index (χ0) is 18.4. The first-order valence-electron chi connectivity index (χ1n) is 8.74. The van der Waals surface area contributed by atoms with Gasteiger partial charge in [0, 0.05) is 38.4 Å². The topological polar surface area (TPSA) is 72.9 Å². The van der Waals surface area contributed by atoms with E-state index in [0.29, 0.717) is 19.6 Å². The van der Waals surface area contributed by atoms with Crippen LogP contribution in [0.25, 0.3) is 0 Å². The third-order valence-corrected chi connectivity index (χ3v) is 4.53. The number of carbonyl (C=O) groups excluding carboxylic acids is 1. The van der Waals surface area contributed by atoms with E-state index in [2.05, 4.69) is 22.3 Å². The monoisotopic (exact) mass is 353 g/mol. The fraction of sp³-hybridized carbons (Fsp3) is 0.300. The van der Waals surface area contributed by atoms with Crippen LogP contribution >= 0.6 is 0 Å². The van der Waals surface area contributed by atoms with E-state index in [1.165, 1.54) is 5.69 Å². The van der Waals surface area contributed by atoms with E-state index in [-0.39, 0.29) is 18.0 Å². The van der Waals surface area contributed by atoms with Gasteiger partial charge in [0.25, 0.3) is 0 Å². The van der Waals surface area contributed by atoms with Gasteiger partial charge in [-0.05, 0) is 29.8 Å². The second-order valence-corrected chi connectivity index (χ2v) is 6.31. The molecule has 1 aliphatic heterocycles. The van der Waals surface area contributed by atoms with Gasteiger partial charge in [-0.1, -0.05) is 30.3 Å². The summed E-state index contributed by atoms with van der Waals surface area (Å²) in [7, 11) is 0. The number of nitrogens with zero attached hydrogens (tertiary/aromatic N) is 2.